The van der Waals surface area contributed by atoms with E-state index in [-0.39, 0.29) is 0 Å². The van der Waals surface area contributed by atoms with Crippen molar-refractivity contribution in [2.24, 2.45) is 0 Å². The van der Waals surface area contributed by atoms with Gasteiger partial charge >= 0.3 is 0 Å². The summed E-state index contributed by atoms with van der Waals surface area (Å²) in [7, 11) is 0. The first kappa shape index (κ1) is 12.9. The lowest BCUT2D eigenvalue weighted by atomic mass is 10.1. The van der Waals surface area contributed by atoms with Gasteiger partial charge < -0.3 is 9.72 Å². The Kier molecular flexibility index (Phi) is 3.32. The smallest absolute Gasteiger partial charge is 0.215 e. The zero-order valence-electron chi connectivity index (χ0n) is 11.3. The van der Waals surface area contributed by atoms with Gasteiger partial charge in [-0.25, -0.2) is 4.98 Å². The average molecular weight is 288 g/mol. The second-order valence-corrected chi connectivity index (χ2v) is 4.93. The van der Waals surface area contributed by atoms with E-state index < -0.39 is 0 Å². The fourth-order valence-electron chi connectivity index (χ4n) is 2.08. The van der Waals surface area contributed by atoms with E-state index in [9.17, 15) is 0 Å². The molecule has 1 aromatic carbocycles. The molecule has 0 saturated heterocycles. The van der Waals surface area contributed by atoms with E-state index in [2.05, 4.69) is 15.0 Å². The van der Waals surface area contributed by atoms with Crippen LogP contribution in [0.15, 0.2) is 30.3 Å². The second kappa shape index (κ2) is 5.13. The number of rotatable bonds is 3. The number of pyridine rings is 1. The number of benzene rings is 1. The van der Waals surface area contributed by atoms with Crippen LogP contribution in [-0.4, -0.2) is 21.6 Å². The highest BCUT2D eigenvalue weighted by molar-refractivity contribution is 6.30. The molecule has 3 aromatic rings. The minimum atomic E-state index is 0.584. The fraction of sp³-hybridized carbons (Fsp3) is 0.200. The third-order valence-corrected chi connectivity index (χ3v) is 3.30. The highest BCUT2D eigenvalue weighted by Crippen LogP contribution is 2.26. The molecule has 0 amide bonds. The minimum Gasteiger partial charge on any atom is -0.478 e. The Hall–Kier alpha value is -2.07. The monoisotopic (exact) mass is 287 g/mol. The molecule has 0 atom stereocenters. The number of imidazole rings is 1. The van der Waals surface area contributed by atoms with Gasteiger partial charge in [0.15, 0.2) is 5.65 Å². The summed E-state index contributed by atoms with van der Waals surface area (Å²) in [6.45, 7) is 4.54. The standard InChI is InChI=1S/C15H14ClN3O/c1-3-20-13-7-6-12-15(18-13)19-14(17-12)11-8-10(16)5-4-9(11)2/h4-8H,3H2,1-2H3,(H,17,18,19). The van der Waals surface area contributed by atoms with Gasteiger partial charge in [0.1, 0.15) is 5.82 Å². The Labute approximate surface area is 121 Å². The molecule has 0 fully saturated rings. The van der Waals surface area contributed by atoms with Gasteiger partial charge in [0.25, 0.3) is 0 Å². The van der Waals surface area contributed by atoms with Crippen molar-refractivity contribution in [1.82, 2.24) is 15.0 Å². The van der Waals surface area contributed by atoms with Crippen molar-refractivity contribution in [2.45, 2.75) is 13.8 Å². The van der Waals surface area contributed by atoms with E-state index >= 15 is 0 Å². The number of nitrogens with zero attached hydrogens (tertiary/aromatic N) is 2. The molecule has 102 valence electrons. The fourth-order valence-corrected chi connectivity index (χ4v) is 2.25. The van der Waals surface area contributed by atoms with Crippen molar-refractivity contribution in [3.63, 3.8) is 0 Å². The summed E-state index contributed by atoms with van der Waals surface area (Å²) in [5, 5.41) is 0.689. The molecule has 2 aromatic heterocycles. The molecule has 1 N–H and O–H groups in total. The molecule has 0 saturated carbocycles. The number of aryl methyl sites for hydroxylation is 1. The van der Waals surface area contributed by atoms with Gasteiger partial charge in [0.2, 0.25) is 5.88 Å². The number of fused-ring (bicyclic) bond motifs is 1. The van der Waals surface area contributed by atoms with Gasteiger partial charge in [0.05, 0.1) is 12.1 Å². The lowest BCUT2D eigenvalue weighted by molar-refractivity contribution is 0.328. The molecule has 0 aliphatic carbocycles. The highest BCUT2D eigenvalue weighted by Gasteiger charge is 2.10. The lowest BCUT2D eigenvalue weighted by Crippen LogP contribution is -1.93. The van der Waals surface area contributed by atoms with Gasteiger partial charge in [-0.1, -0.05) is 17.7 Å². The molecule has 4 nitrogen and oxygen atoms in total. The van der Waals surface area contributed by atoms with Gasteiger partial charge in [-0.15, -0.1) is 0 Å². The quantitative estimate of drug-likeness (QED) is 0.792. The molecule has 0 bridgehead atoms. The number of hydrogen-bond donors (Lipinski definition) is 1. The third kappa shape index (κ3) is 2.34. The van der Waals surface area contributed by atoms with Gasteiger partial charge in [0, 0.05) is 16.7 Å². The van der Waals surface area contributed by atoms with Crippen LogP contribution in [0.3, 0.4) is 0 Å². The van der Waals surface area contributed by atoms with Crippen molar-refractivity contribution in [1.29, 1.82) is 0 Å². The van der Waals surface area contributed by atoms with Gasteiger partial charge in [-0.2, -0.15) is 4.98 Å². The van der Waals surface area contributed by atoms with Crippen LogP contribution in [0.1, 0.15) is 12.5 Å². The van der Waals surface area contributed by atoms with E-state index in [1.54, 1.807) is 0 Å². The van der Waals surface area contributed by atoms with E-state index in [1.807, 2.05) is 44.2 Å². The number of ether oxygens (including phenoxy) is 1. The summed E-state index contributed by atoms with van der Waals surface area (Å²) in [5.74, 6) is 1.35. The van der Waals surface area contributed by atoms with Crippen LogP contribution >= 0.6 is 11.6 Å². The Morgan fingerprint density at radius 3 is 2.85 bits per heavy atom. The number of aromatic amines is 1. The first-order chi connectivity index (χ1) is 9.67. The lowest BCUT2D eigenvalue weighted by Gasteiger charge is -2.02. The predicted octanol–water partition coefficient (Wildman–Crippen LogP) is 3.99. The topological polar surface area (TPSA) is 50.8 Å². The first-order valence-corrected chi connectivity index (χ1v) is 6.81. The Morgan fingerprint density at radius 1 is 1.20 bits per heavy atom. The summed E-state index contributed by atoms with van der Waals surface area (Å²) in [5.41, 5.74) is 3.61. The highest BCUT2D eigenvalue weighted by atomic mass is 35.5. The van der Waals surface area contributed by atoms with E-state index in [0.29, 0.717) is 23.2 Å². The zero-order valence-corrected chi connectivity index (χ0v) is 12.0. The largest absolute Gasteiger partial charge is 0.478 e. The maximum atomic E-state index is 6.05. The van der Waals surface area contributed by atoms with Crippen LogP contribution in [0.2, 0.25) is 5.02 Å². The summed E-state index contributed by atoms with van der Waals surface area (Å²) >= 11 is 6.05. The maximum Gasteiger partial charge on any atom is 0.215 e. The van der Waals surface area contributed by atoms with Gasteiger partial charge in [-0.3, -0.25) is 0 Å². The van der Waals surface area contributed by atoms with Crippen LogP contribution in [0, 0.1) is 6.92 Å². The summed E-state index contributed by atoms with van der Waals surface area (Å²) in [6, 6.07) is 9.50. The molecule has 0 spiro atoms. The van der Waals surface area contributed by atoms with Crippen LogP contribution in [-0.2, 0) is 0 Å². The van der Waals surface area contributed by atoms with Crippen LogP contribution in [0.5, 0.6) is 5.88 Å². The Balaban J connectivity index is 2.10. The second-order valence-electron chi connectivity index (χ2n) is 4.50. The SMILES string of the molecule is CCOc1ccc2[nH]c(-c3cc(Cl)ccc3C)nc2n1. The molecular formula is C15H14ClN3O. The molecule has 0 aliphatic heterocycles. The number of aromatic nitrogens is 3. The van der Waals surface area contributed by atoms with Crippen molar-refractivity contribution in [3.05, 3.63) is 40.9 Å². The van der Waals surface area contributed by atoms with Crippen molar-refractivity contribution >= 4 is 22.8 Å². The molecule has 5 heteroatoms. The predicted molar refractivity (Wildman–Crippen MR) is 80.2 cm³/mol. The Bertz CT molecular complexity index is 767. The van der Waals surface area contributed by atoms with Crippen molar-refractivity contribution < 1.29 is 4.74 Å². The van der Waals surface area contributed by atoms with Crippen LogP contribution < -0.4 is 4.74 Å². The molecule has 2 heterocycles. The number of hydrogen-bond acceptors (Lipinski definition) is 3. The number of H-pyrrole nitrogens is 1. The number of halogens is 1. The molecule has 0 aliphatic rings. The molecule has 0 unspecified atom stereocenters. The zero-order chi connectivity index (χ0) is 14.1. The number of nitrogens with one attached hydrogen (secondary N) is 1. The van der Waals surface area contributed by atoms with Gasteiger partial charge in [-0.05, 0) is 37.6 Å². The third-order valence-electron chi connectivity index (χ3n) is 3.07. The average Bonchev–Trinajstić information content (AvgIpc) is 2.85. The maximum absolute atomic E-state index is 6.05. The molecule has 3 rings (SSSR count). The van der Waals surface area contributed by atoms with Crippen LogP contribution in [0.25, 0.3) is 22.6 Å². The normalized spacial score (nSPS) is 10.9. The summed E-state index contributed by atoms with van der Waals surface area (Å²) in [6.07, 6.45) is 0. The molecule has 0 radical (unpaired) electrons. The Morgan fingerprint density at radius 2 is 2.05 bits per heavy atom. The summed E-state index contributed by atoms with van der Waals surface area (Å²) < 4.78 is 5.39. The van der Waals surface area contributed by atoms with E-state index in [1.165, 1.54) is 0 Å². The van der Waals surface area contributed by atoms with Crippen LogP contribution in [0.4, 0.5) is 0 Å². The summed E-state index contributed by atoms with van der Waals surface area (Å²) in [4.78, 5) is 12.1. The first-order valence-electron chi connectivity index (χ1n) is 6.43. The minimum absolute atomic E-state index is 0.584. The van der Waals surface area contributed by atoms with Crippen molar-refractivity contribution in [2.75, 3.05) is 6.61 Å². The van der Waals surface area contributed by atoms with E-state index in [0.717, 1.165) is 22.5 Å². The molecule has 20 heavy (non-hydrogen) atoms. The van der Waals surface area contributed by atoms with E-state index in [4.69, 9.17) is 16.3 Å². The van der Waals surface area contributed by atoms with Crippen molar-refractivity contribution in [3.8, 4) is 17.3 Å². The molecular weight excluding hydrogens is 274 g/mol.